The van der Waals surface area contributed by atoms with Gasteiger partial charge < -0.3 is 20.2 Å². The predicted octanol–water partition coefficient (Wildman–Crippen LogP) is 1.15. The lowest BCUT2D eigenvalue weighted by molar-refractivity contribution is -0.123. The lowest BCUT2D eigenvalue weighted by Gasteiger charge is -2.20. The summed E-state index contributed by atoms with van der Waals surface area (Å²) in [7, 11) is 0. The van der Waals surface area contributed by atoms with Crippen molar-refractivity contribution in [3.8, 4) is 0 Å². The third kappa shape index (κ3) is 4.90. The number of rotatable bonds is 7. The van der Waals surface area contributed by atoms with Crippen molar-refractivity contribution in [1.29, 1.82) is 0 Å². The van der Waals surface area contributed by atoms with Gasteiger partial charge in [-0.25, -0.2) is 0 Å². The zero-order valence-electron chi connectivity index (χ0n) is 13.0. The average Bonchev–Trinajstić information content (AvgIpc) is 2.74. The molecule has 1 rings (SSSR count). The first kappa shape index (κ1) is 17.2. The van der Waals surface area contributed by atoms with Crippen LogP contribution >= 0.6 is 0 Å². The van der Waals surface area contributed by atoms with Gasteiger partial charge in [0.2, 0.25) is 5.91 Å². The van der Waals surface area contributed by atoms with Gasteiger partial charge >= 0.3 is 0 Å². The van der Waals surface area contributed by atoms with Gasteiger partial charge in [-0.15, -0.1) is 0 Å². The minimum atomic E-state index is -0.627. The number of aliphatic hydroxyl groups is 1. The SMILES string of the molecule is Cc1coc(C)c1C(=O)N[C@@H](CC(C)C)C(=O)NCCO. The van der Waals surface area contributed by atoms with Gasteiger partial charge in [-0.2, -0.15) is 0 Å². The highest BCUT2D eigenvalue weighted by Crippen LogP contribution is 2.16. The Hall–Kier alpha value is -1.82. The third-order valence-corrected chi connectivity index (χ3v) is 3.13. The Balaban J connectivity index is 2.81. The highest BCUT2D eigenvalue weighted by molar-refractivity contribution is 5.99. The molecule has 1 aromatic heterocycles. The number of aliphatic hydroxyl groups excluding tert-OH is 1. The minimum Gasteiger partial charge on any atom is -0.469 e. The Bertz CT molecular complexity index is 474. The first-order chi connectivity index (χ1) is 9.86. The number of carbonyl (C=O) groups is 2. The molecule has 6 nitrogen and oxygen atoms in total. The van der Waals surface area contributed by atoms with E-state index in [9.17, 15) is 9.59 Å². The number of hydrogen-bond donors (Lipinski definition) is 3. The lowest BCUT2D eigenvalue weighted by atomic mass is 10.0. The molecule has 2 amide bonds. The molecule has 1 atom stereocenters. The van der Waals surface area contributed by atoms with Crippen molar-refractivity contribution < 1.29 is 19.1 Å². The third-order valence-electron chi connectivity index (χ3n) is 3.13. The van der Waals surface area contributed by atoms with Crippen LogP contribution in [0.25, 0.3) is 0 Å². The quantitative estimate of drug-likeness (QED) is 0.704. The molecule has 0 saturated heterocycles. The minimum absolute atomic E-state index is 0.131. The maximum absolute atomic E-state index is 12.3. The summed E-state index contributed by atoms with van der Waals surface area (Å²) in [6.07, 6.45) is 2.05. The second kappa shape index (κ2) is 7.83. The number of furan rings is 1. The summed E-state index contributed by atoms with van der Waals surface area (Å²) in [5.41, 5.74) is 1.21. The Labute approximate surface area is 124 Å². The molecule has 21 heavy (non-hydrogen) atoms. The monoisotopic (exact) mass is 296 g/mol. The Morgan fingerprint density at radius 3 is 2.48 bits per heavy atom. The van der Waals surface area contributed by atoms with Crippen molar-refractivity contribution in [3.63, 3.8) is 0 Å². The smallest absolute Gasteiger partial charge is 0.255 e. The van der Waals surface area contributed by atoms with E-state index in [0.717, 1.165) is 5.56 Å². The summed E-state index contributed by atoms with van der Waals surface area (Å²) in [6.45, 7) is 7.50. The molecule has 0 spiro atoms. The van der Waals surface area contributed by atoms with Crippen LogP contribution in [0.3, 0.4) is 0 Å². The van der Waals surface area contributed by atoms with Crippen LogP contribution in [-0.2, 0) is 4.79 Å². The van der Waals surface area contributed by atoms with Crippen LogP contribution < -0.4 is 10.6 Å². The van der Waals surface area contributed by atoms with E-state index in [1.807, 2.05) is 13.8 Å². The van der Waals surface area contributed by atoms with Gasteiger partial charge in [-0.3, -0.25) is 9.59 Å². The second-order valence-electron chi connectivity index (χ2n) is 5.52. The largest absolute Gasteiger partial charge is 0.469 e. The number of hydrogen-bond acceptors (Lipinski definition) is 4. The van der Waals surface area contributed by atoms with Gasteiger partial charge in [0.25, 0.3) is 5.91 Å². The molecule has 0 saturated carbocycles. The Morgan fingerprint density at radius 1 is 1.33 bits per heavy atom. The first-order valence-corrected chi connectivity index (χ1v) is 7.11. The van der Waals surface area contributed by atoms with Crippen LogP contribution in [0.1, 0.15) is 41.9 Å². The summed E-state index contributed by atoms with van der Waals surface area (Å²) in [4.78, 5) is 24.4. The van der Waals surface area contributed by atoms with E-state index in [0.29, 0.717) is 17.7 Å². The average molecular weight is 296 g/mol. The molecule has 0 aliphatic carbocycles. The highest BCUT2D eigenvalue weighted by Gasteiger charge is 2.24. The number of aryl methyl sites for hydroxylation is 2. The maximum Gasteiger partial charge on any atom is 0.255 e. The van der Waals surface area contributed by atoms with Crippen molar-refractivity contribution in [2.45, 2.75) is 40.2 Å². The van der Waals surface area contributed by atoms with Crippen molar-refractivity contribution in [2.75, 3.05) is 13.2 Å². The summed E-state index contributed by atoms with van der Waals surface area (Å²) < 4.78 is 5.21. The zero-order valence-corrected chi connectivity index (χ0v) is 13.0. The molecule has 0 radical (unpaired) electrons. The van der Waals surface area contributed by atoms with Gasteiger partial charge in [0.1, 0.15) is 11.8 Å². The molecule has 0 aliphatic heterocycles. The van der Waals surface area contributed by atoms with Gasteiger partial charge in [-0.05, 0) is 26.2 Å². The van der Waals surface area contributed by atoms with Crippen molar-refractivity contribution in [1.82, 2.24) is 10.6 Å². The Kier molecular flexibility index (Phi) is 6.42. The molecule has 0 bridgehead atoms. The van der Waals surface area contributed by atoms with Gasteiger partial charge in [0, 0.05) is 12.1 Å². The topological polar surface area (TPSA) is 91.6 Å². The molecule has 1 heterocycles. The van der Waals surface area contributed by atoms with Crippen LogP contribution in [0.15, 0.2) is 10.7 Å². The fourth-order valence-corrected chi connectivity index (χ4v) is 2.15. The number of nitrogens with one attached hydrogen (secondary N) is 2. The molecule has 118 valence electrons. The molecule has 6 heteroatoms. The standard InChI is InChI=1S/C15H24N2O4/c1-9(2)7-12(14(19)16-5-6-18)17-15(20)13-10(3)8-21-11(13)4/h8-9,12,18H,5-7H2,1-4H3,(H,16,19)(H,17,20)/t12-/m0/s1. The fourth-order valence-electron chi connectivity index (χ4n) is 2.15. The van der Waals surface area contributed by atoms with Crippen molar-refractivity contribution >= 4 is 11.8 Å². The van der Waals surface area contributed by atoms with Crippen LogP contribution in [0.4, 0.5) is 0 Å². The zero-order chi connectivity index (χ0) is 16.0. The van der Waals surface area contributed by atoms with Gasteiger partial charge in [0.15, 0.2) is 0 Å². The van der Waals surface area contributed by atoms with Crippen LogP contribution in [0.5, 0.6) is 0 Å². The molecule has 0 fully saturated rings. The molecule has 3 N–H and O–H groups in total. The fraction of sp³-hybridized carbons (Fsp3) is 0.600. The summed E-state index contributed by atoms with van der Waals surface area (Å²) >= 11 is 0. The number of amides is 2. The molecule has 0 aromatic carbocycles. The van der Waals surface area contributed by atoms with Crippen LogP contribution in [0.2, 0.25) is 0 Å². The van der Waals surface area contributed by atoms with E-state index in [1.54, 1.807) is 13.8 Å². The van der Waals surface area contributed by atoms with E-state index in [-0.39, 0.29) is 30.9 Å². The first-order valence-electron chi connectivity index (χ1n) is 7.11. The molecular formula is C15H24N2O4. The van der Waals surface area contributed by atoms with Crippen LogP contribution in [0, 0.1) is 19.8 Å². The lowest BCUT2D eigenvalue weighted by Crippen LogP contribution is -2.48. The number of carbonyl (C=O) groups excluding carboxylic acids is 2. The van der Waals surface area contributed by atoms with E-state index in [2.05, 4.69) is 10.6 Å². The maximum atomic E-state index is 12.3. The van der Waals surface area contributed by atoms with Gasteiger partial charge in [-0.1, -0.05) is 13.8 Å². The van der Waals surface area contributed by atoms with Gasteiger partial charge in [0.05, 0.1) is 18.4 Å². The Morgan fingerprint density at radius 2 is 2.00 bits per heavy atom. The van der Waals surface area contributed by atoms with Crippen molar-refractivity contribution in [3.05, 3.63) is 23.2 Å². The highest BCUT2D eigenvalue weighted by atomic mass is 16.3. The molecule has 0 unspecified atom stereocenters. The predicted molar refractivity (Wildman–Crippen MR) is 79.0 cm³/mol. The normalized spacial score (nSPS) is 12.3. The molecule has 1 aromatic rings. The van der Waals surface area contributed by atoms with E-state index in [4.69, 9.17) is 9.52 Å². The van der Waals surface area contributed by atoms with E-state index in [1.165, 1.54) is 6.26 Å². The van der Waals surface area contributed by atoms with Crippen molar-refractivity contribution in [2.24, 2.45) is 5.92 Å². The molecule has 0 aliphatic rings. The van der Waals surface area contributed by atoms with E-state index < -0.39 is 6.04 Å². The van der Waals surface area contributed by atoms with Crippen LogP contribution in [-0.4, -0.2) is 36.1 Å². The summed E-state index contributed by atoms with van der Waals surface area (Å²) in [6, 6.07) is -0.627. The van der Waals surface area contributed by atoms with E-state index >= 15 is 0 Å². The second-order valence-corrected chi connectivity index (χ2v) is 5.52. The summed E-state index contributed by atoms with van der Waals surface area (Å²) in [5, 5.41) is 14.1. The molecular weight excluding hydrogens is 272 g/mol. The summed E-state index contributed by atoms with van der Waals surface area (Å²) in [5.74, 6) is 0.180.